The summed E-state index contributed by atoms with van der Waals surface area (Å²) in [6.45, 7) is 1.80. The number of carbonyl (C=O) groups excluding carboxylic acids is 1. The van der Waals surface area contributed by atoms with Crippen LogP contribution in [-0.4, -0.2) is 32.6 Å². The molecule has 5 nitrogen and oxygen atoms in total. The summed E-state index contributed by atoms with van der Waals surface area (Å²) in [5, 5.41) is 5.48. The molecule has 19 heavy (non-hydrogen) atoms. The summed E-state index contributed by atoms with van der Waals surface area (Å²) in [5.74, 6) is 0. The number of anilines is 1. The van der Waals surface area contributed by atoms with E-state index in [4.69, 9.17) is 9.47 Å². The number of benzene rings is 1. The Kier molecular flexibility index (Phi) is 6.78. The summed E-state index contributed by atoms with van der Waals surface area (Å²) in [6, 6.07) is 4.89. The smallest absolute Gasteiger partial charge is 0.319 e. The average molecular weight is 396 g/mol. The molecule has 106 valence electrons. The van der Waals surface area contributed by atoms with E-state index in [1.54, 1.807) is 13.0 Å². The molecule has 0 saturated heterocycles. The molecular formula is C12H16Br2N2O3. The minimum Gasteiger partial charge on any atom is -0.354 e. The average Bonchev–Trinajstić information content (AvgIpc) is 2.34. The Labute approximate surface area is 129 Å². The van der Waals surface area contributed by atoms with Crippen LogP contribution in [-0.2, 0) is 9.47 Å². The fraction of sp³-hybridized carbons (Fsp3) is 0.417. The van der Waals surface area contributed by atoms with Crippen LogP contribution in [0, 0.1) is 0 Å². The van der Waals surface area contributed by atoms with Crippen molar-refractivity contribution in [2.24, 2.45) is 0 Å². The Balaban J connectivity index is 2.60. The van der Waals surface area contributed by atoms with Crippen LogP contribution in [0.5, 0.6) is 0 Å². The lowest BCUT2D eigenvalue weighted by Crippen LogP contribution is -2.44. The molecule has 0 radical (unpaired) electrons. The number of methoxy groups -OCH3 is 2. The molecule has 0 aliphatic carbocycles. The van der Waals surface area contributed by atoms with Crippen LogP contribution < -0.4 is 10.6 Å². The lowest BCUT2D eigenvalue weighted by Gasteiger charge is -2.22. The van der Waals surface area contributed by atoms with Crippen LogP contribution >= 0.6 is 31.9 Å². The SMILES string of the molecule is COC(OC)C(C)NC(=O)Nc1ccc(Br)cc1Br. The van der Waals surface area contributed by atoms with Gasteiger partial charge in [0.05, 0.1) is 11.7 Å². The van der Waals surface area contributed by atoms with Crippen molar-refractivity contribution in [2.75, 3.05) is 19.5 Å². The van der Waals surface area contributed by atoms with Gasteiger partial charge in [0.1, 0.15) is 0 Å². The number of amides is 2. The molecule has 0 heterocycles. The molecule has 2 amide bonds. The van der Waals surface area contributed by atoms with Gasteiger partial charge in [0, 0.05) is 23.2 Å². The van der Waals surface area contributed by atoms with Crippen LogP contribution in [0.4, 0.5) is 10.5 Å². The quantitative estimate of drug-likeness (QED) is 0.751. The Morgan fingerprint density at radius 2 is 1.89 bits per heavy atom. The van der Waals surface area contributed by atoms with E-state index in [2.05, 4.69) is 42.5 Å². The standard InChI is InChI=1S/C12H16Br2N2O3/c1-7(11(18-2)19-3)15-12(17)16-10-5-4-8(13)6-9(10)14/h4-7,11H,1-3H3,(H2,15,16,17). The molecule has 2 N–H and O–H groups in total. The number of hydrogen-bond acceptors (Lipinski definition) is 3. The van der Waals surface area contributed by atoms with Crippen molar-refractivity contribution in [3.63, 3.8) is 0 Å². The van der Waals surface area contributed by atoms with E-state index < -0.39 is 6.29 Å². The van der Waals surface area contributed by atoms with Crippen molar-refractivity contribution in [1.29, 1.82) is 0 Å². The predicted molar refractivity (Wildman–Crippen MR) is 81.3 cm³/mol. The maximum atomic E-state index is 11.8. The third-order valence-corrected chi connectivity index (χ3v) is 3.56. The van der Waals surface area contributed by atoms with Crippen molar-refractivity contribution in [3.05, 3.63) is 27.1 Å². The predicted octanol–water partition coefficient (Wildman–Crippen LogP) is 3.34. The second-order valence-corrected chi connectivity index (χ2v) is 5.62. The van der Waals surface area contributed by atoms with Gasteiger partial charge < -0.3 is 20.1 Å². The zero-order chi connectivity index (χ0) is 14.4. The van der Waals surface area contributed by atoms with Gasteiger partial charge in [-0.25, -0.2) is 4.79 Å². The zero-order valence-electron chi connectivity index (χ0n) is 10.9. The van der Waals surface area contributed by atoms with Crippen molar-refractivity contribution < 1.29 is 14.3 Å². The summed E-state index contributed by atoms with van der Waals surface area (Å²) in [6.07, 6.45) is -0.487. The second-order valence-electron chi connectivity index (χ2n) is 3.85. The number of ether oxygens (including phenoxy) is 2. The maximum absolute atomic E-state index is 11.8. The lowest BCUT2D eigenvalue weighted by molar-refractivity contribution is -0.117. The van der Waals surface area contributed by atoms with Gasteiger partial charge >= 0.3 is 6.03 Å². The molecule has 7 heteroatoms. The van der Waals surface area contributed by atoms with Gasteiger partial charge in [-0.3, -0.25) is 0 Å². The number of halogens is 2. The third-order valence-electron chi connectivity index (χ3n) is 2.41. The molecule has 0 spiro atoms. The van der Waals surface area contributed by atoms with Crippen LogP contribution in [0.15, 0.2) is 27.1 Å². The Hall–Kier alpha value is -0.630. The first-order chi connectivity index (χ1) is 8.97. The highest BCUT2D eigenvalue weighted by Crippen LogP contribution is 2.26. The van der Waals surface area contributed by atoms with Crippen molar-refractivity contribution in [2.45, 2.75) is 19.3 Å². The van der Waals surface area contributed by atoms with Gasteiger partial charge in [0.15, 0.2) is 6.29 Å². The molecule has 1 aromatic carbocycles. The van der Waals surface area contributed by atoms with Crippen molar-refractivity contribution in [1.82, 2.24) is 5.32 Å². The first kappa shape index (κ1) is 16.4. The zero-order valence-corrected chi connectivity index (χ0v) is 14.0. The number of nitrogens with one attached hydrogen (secondary N) is 2. The van der Waals surface area contributed by atoms with Crippen LogP contribution in [0.3, 0.4) is 0 Å². The number of hydrogen-bond donors (Lipinski definition) is 2. The highest BCUT2D eigenvalue weighted by molar-refractivity contribution is 9.11. The van der Waals surface area contributed by atoms with E-state index in [-0.39, 0.29) is 12.1 Å². The van der Waals surface area contributed by atoms with Crippen molar-refractivity contribution >= 4 is 43.6 Å². The van der Waals surface area contributed by atoms with E-state index in [9.17, 15) is 4.79 Å². The molecule has 0 saturated carbocycles. The Bertz CT molecular complexity index is 439. The molecule has 0 bridgehead atoms. The van der Waals surface area contributed by atoms with Crippen LogP contribution in [0.25, 0.3) is 0 Å². The fourth-order valence-corrected chi connectivity index (χ4v) is 2.67. The Morgan fingerprint density at radius 3 is 2.42 bits per heavy atom. The first-order valence-electron chi connectivity index (χ1n) is 5.56. The largest absolute Gasteiger partial charge is 0.354 e. The molecule has 0 fully saturated rings. The van der Waals surface area contributed by atoms with Crippen LogP contribution in [0.1, 0.15) is 6.92 Å². The summed E-state index contributed by atoms with van der Waals surface area (Å²) < 4.78 is 11.9. The number of urea groups is 1. The van der Waals surface area contributed by atoms with Crippen LogP contribution in [0.2, 0.25) is 0 Å². The monoisotopic (exact) mass is 394 g/mol. The normalized spacial score (nSPS) is 12.3. The minimum absolute atomic E-state index is 0.274. The van der Waals surface area contributed by atoms with Gasteiger partial charge in [-0.15, -0.1) is 0 Å². The van der Waals surface area contributed by atoms with E-state index in [0.29, 0.717) is 5.69 Å². The van der Waals surface area contributed by atoms with E-state index in [0.717, 1.165) is 8.95 Å². The third kappa shape index (κ3) is 5.10. The van der Waals surface area contributed by atoms with E-state index in [1.165, 1.54) is 14.2 Å². The van der Waals surface area contributed by atoms with Crippen molar-refractivity contribution in [3.8, 4) is 0 Å². The topological polar surface area (TPSA) is 59.6 Å². The highest BCUT2D eigenvalue weighted by Gasteiger charge is 2.18. The lowest BCUT2D eigenvalue weighted by atomic mass is 10.3. The molecule has 1 aromatic rings. The van der Waals surface area contributed by atoms with E-state index >= 15 is 0 Å². The van der Waals surface area contributed by atoms with Gasteiger partial charge in [-0.05, 0) is 41.1 Å². The summed E-state index contributed by atoms with van der Waals surface area (Å²) in [5.41, 5.74) is 0.680. The fourth-order valence-electron chi connectivity index (χ4n) is 1.53. The van der Waals surface area contributed by atoms with Gasteiger partial charge in [0.25, 0.3) is 0 Å². The van der Waals surface area contributed by atoms with E-state index in [1.807, 2.05) is 12.1 Å². The first-order valence-corrected chi connectivity index (χ1v) is 7.14. The molecule has 1 rings (SSSR count). The van der Waals surface area contributed by atoms with Gasteiger partial charge in [0.2, 0.25) is 0 Å². The number of rotatable bonds is 5. The summed E-state index contributed by atoms with van der Waals surface area (Å²) in [7, 11) is 3.05. The molecule has 1 atom stereocenters. The minimum atomic E-state index is -0.487. The van der Waals surface area contributed by atoms with Gasteiger partial charge in [-0.1, -0.05) is 15.9 Å². The van der Waals surface area contributed by atoms with Gasteiger partial charge in [-0.2, -0.15) is 0 Å². The second kappa shape index (κ2) is 7.84. The number of carbonyl (C=O) groups is 1. The summed E-state index contributed by atoms with van der Waals surface area (Å²) in [4.78, 5) is 11.8. The maximum Gasteiger partial charge on any atom is 0.319 e. The molecular weight excluding hydrogens is 380 g/mol. The molecule has 1 unspecified atom stereocenters. The Morgan fingerprint density at radius 1 is 1.26 bits per heavy atom. The highest BCUT2D eigenvalue weighted by atomic mass is 79.9. The molecule has 0 aliphatic heterocycles. The molecule has 0 aromatic heterocycles. The summed E-state index contributed by atoms with van der Waals surface area (Å²) >= 11 is 6.73. The molecule has 0 aliphatic rings.